The van der Waals surface area contributed by atoms with Crippen LogP contribution in [0.25, 0.3) is 11.4 Å². The molecule has 1 amide bonds. The normalized spacial score (nSPS) is 19.4. The third-order valence-electron chi connectivity index (χ3n) is 5.46. The highest BCUT2D eigenvalue weighted by molar-refractivity contribution is 7.90. The molecule has 2 aromatic carbocycles. The van der Waals surface area contributed by atoms with Gasteiger partial charge in [-0.05, 0) is 43.7 Å². The Hall–Kier alpha value is -3.00. The number of hydrogen-bond donors (Lipinski definition) is 0. The molecule has 0 radical (unpaired) electrons. The average molecular weight is 426 g/mol. The highest BCUT2D eigenvalue weighted by Gasteiger charge is 2.43. The van der Waals surface area contributed by atoms with E-state index in [0.717, 1.165) is 17.4 Å². The number of rotatable bonds is 5. The second kappa shape index (κ2) is 7.68. The van der Waals surface area contributed by atoms with Crippen LogP contribution in [-0.4, -0.2) is 42.2 Å². The minimum Gasteiger partial charge on any atom is -0.339 e. The predicted octanol–water partition coefficient (Wildman–Crippen LogP) is 3.53. The molecule has 8 heteroatoms. The van der Waals surface area contributed by atoms with Crippen molar-refractivity contribution in [1.29, 1.82) is 0 Å². The first kappa shape index (κ1) is 20.3. The molecule has 1 aliphatic heterocycles. The van der Waals surface area contributed by atoms with Crippen molar-refractivity contribution in [3.05, 3.63) is 65.5 Å². The van der Waals surface area contributed by atoms with Crippen LogP contribution < -0.4 is 0 Å². The van der Waals surface area contributed by atoms with Gasteiger partial charge in [0.05, 0.1) is 16.9 Å². The molecule has 0 spiro atoms. The quantitative estimate of drug-likeness (QED) is 0.621. The van der Waals surface area contributed by atoms with Gasteiger partial charge in [-0.15, -0.1) is 0 Å². The molecule has 1 saturated heterocycles. The molecule has 7 nitrogen and oxygen atoms in total. The van der Waals surface area contributed by atoms with Crippen LogP contribution in [0.1, 0.15) is 42.3 Å². The van der Waals surface area contributed by atoms with E-state index in [1.54, 1.807) is 12.1 Å². The molecule has 3 aromatic rings. The van der Waals surface area contributed by atoms with Gasteiger partial charge in [-0.25, -0.2) is 8.42 Å². The van der Waals surface area contributed by atoms with Gasteiger partial charge in [0.2, 0.25) is 17.6 Å². The van der Waals surface area contributed by atoms with Gasteiger partial charge < -0.3 is 9.42 Å². The number of aromatic nitrogens is 2. The molecule has 0 saturated carbocycles. The lowest BCUT2D eigenvalue weighted by molar-refractivity contribution is -0.128. The van der Waals surface area contributed by atoms with Crippen LogP contribution in [0, 0.1) is 6.92 Å². The topological polar surface area (TPSA) is 93.4 Å². The minimum absolute atomic E-state index is 0.0614. The van der Waals surface area contributed by atoms with Crippen molar-refractivity contribution in [3.8, 4) is 11.4 Å². The molecule has 1 fully saturated rings. The molecule has 4 rings (SSSR count). The molecule has 1 aromatic heterocycles. The Kier molecular flexibility index (Phi) is 5.19. The standard InChI is InChI=1S/C22H23N3O4S/c1-4-25-19(26)13-18(20(25)16-7-5-6-14(2)12-16)22-23-21(24-29-22)15-8-10-17(11-9-15)30(3,27)28/h5-12,18,20H,4,13H2,1-3H3. The summed E-state index contributed by atoms with van der Waals surface area (Å²) < 4.78 is 28.9. The molecule has 30 heavy (non-hydrogen) atoms. The summed E-state index contributed by atoms with van der Waals surface area (Å²) in [4.78, 5) is 19.3. The van der Waals surface area contributed by atoms with Crippen molar-refractivity contribution >= 4 is 15.7 Å². The number of likely N-dealkylation sites (tertiary alicyclic amines) is 1. The Morgan fingerprint density at radius 1 is 1.17 bits per heavy atom. The SMILES string of the molecule is CCN1C(=O)CC(c2nc(-c3ccc(S(C)(=O)=O)cc3)no2)C1c1cccc(C)c1. The summed E-state index contributed by atoms with van der Waals surface area (Å²) in [6, 6.07) is 14.3. The van der Waals surface area contributed by atoms with Gasteiger partial charge in [-0.2, -0.15) is 4.98 Å². The van der Waals surface area contributed by atoms with Gasteiger partial charge in [0.15, 0.2) is 9.84 Å². The Bertz CT molecular complexity index is 1190. The molecule has 2 atom stereocenters. The summed E-state index contributed by atoms with van der Waals surface area (Å²) in [7, 11) is -3.27. The Balaban J connectivity index is 1.68. The van der Waals surface area contributed by atoms with Crippen LogP contribution >= 0.6 is 0 Å². The maximum absolute atomic E-state index is 12.6. The number of sulfone groups is 1. The molecule has 1 aliphatic rings. The van der Waals surface area contributed by atoms with Crippen LogP contribution in [0.4, 0.5) is 0 Å². The van der Waals surface area contributed by atoms with E-state index in [1.807, 2.05) is 36.9 Å². The van der Waals surface area contributed by atoms with Crippen molar-refractivity contribution in [2.24, 2.45) is 0 Å². The van der Waals surface area contributed by atoms with Crippen molar-refractivity contribution in [2.75, 3.05) is 12.8 Å². The number of amides is 1. The highest BCUT2D eigenvalue weighted by atomic mass is 32.2. The molecule has 0 bridgehead atoms. The second-order valence-electron chi connectivity index (χ2n) is 7.60. The van der Waals surface area contributed by atoms with Gasteiger partial charge in [0.1, 0.15) is 0 Å². The molecule has 2 unspecified atom stereocenters. The average Bonchev–Trinajstić information content (AvgIpc) is 3.31. The number of carbonyl (C=O) groups is 1. The van der Waals surface area contributed by atoms with Gasteiger partial charge in [-0.1, -0.05) is 35.0 Å². The summed E-state index contributed by atoms with van der Waals surface area (Å²) in [6.45, 7) is 4.59. The van der Waals surface area contributed by atoms with E-state index in [9.17, 15) is 13.2 Å². The summed E-state index contributed by atoms with van der Waals surface area (Å²) in [5.74, 6) is 0.602. The van der Waals surface area contributed by atoms with E-state index in [-0.39, 0.29) is 22.8 Å². The number of benzene rings is 2. The Morgan fingerprint density at radius 2 is 1.90 bits per heavy atom. The predicted molar refractivity (Wildman–Crippen MR) is 112 cm³/mol. The van der Waals surface area contributed by atoms with E-state index in [4.69, 9.17) is 4.52 Å². The van der Waals surface area contributed by atoms with E-state index < -0.39 is 9.84 Å². The van der Waals surface area contributed by atoms with Crippen LogP contribution in [0.15, 0.2) is 57.9 Å². The van der Waals surface area contributed by atoms with E-state index in [1.165, 1.54) is 12.1 Å². The lowest BCUT2D eigenvalue weighted by Gasteiger charge is -2.26. The molecule has 2 heterocycles. The first-order chi connectivity index (χ1) is 14.3. The van der Waals surface area contributed by atoms with Gasteiger partial charge >= 0.3 is 0 Å². The summed E-state index contributed by atoms with van der Waals surface area (Å²) in [5.41, 5.74) is 2.82. The zero-order valence-electron chi connectivity index (χ0n) is 17.1. The number of likely N-dealkylation sites (N-methyl/N-ethyl adjacent to an activating group) is 1. The van der Waals surface area contributed by atoms with Crippen LogP contribution in [0.3, 0.4) is 0 Å². The largest absolute Gasteiger partial charge is 0.339 e. The van der Waals surface area contributed by atoms with Gasteiger partial charge in [0, 0.05) is 24.8 Å². The number of nitrogens with zero attached hydrogens (tertiary/aromatic N) is 3. The smallest absolute Gasteiger partial charge is 0.233 e. The molecular weight excluding hydrogens is 402 g/mol. The zero-order chi connectivity index (χ0) is 21.5. The van der Waals surface area contributed by atoms with Crippen molar-refractivity contribution in [2.45, 2.75) is 37.1 Å². The fourth-order valence-corrected chi connectivity index (χ4v) is 4.64. The van der Waals surface area contributed by atoms with Crippen molar-refractivity contribution in [3.63, 3.8) is 0 Å². The van der Waals surface area contributed by atoms with E-state index in [2.05, 4.69) is 16.2 Å². The van der Waals surface area contributed by atoms with Gasteiger partial charge in [-0.3, -0.25) is 4.79 Å². The first-order valence-corrected chi connectivity index (χ1v) is 11.7. The molecule has 0 N–H and O–H groups in total. The molecular formula is C22H23N3O4S. The van der Waals surface area contributed by atoms with Crippen LogP contribution in [0.2, 0.25) is 0 Å². The fourth-order valence-electron chi connectivity index (χ4n) is 4.01. The summed E-state index contributed by atoms with van der Waals surface area (Å²) in [6.07, 6.45) is 1.47. The number of carbonyl (C=O) groups excluding carboxylic acids is 1. The van der Waals surface area contributed by atoms with Gasteiger partial charge in [0.25, 0.3) is 0 Å². The first-order valence-electron chi connectivity index (χ1n) is 9.78. The highest BCUT2D eigenvalue weighted by Crippen LogP contribution is 2.44. The number of hydrogen-bond acceptors (Lipinski definition) is 6. The second-order valence-corrected chi connectivity index (χ2v) is 9.62. The number of aryl methyl sites for hydroxylation is 1. The molecule has 156 valence electrons. The van der Waals surface area contributed by atoms with Crippen molar-refractivity contribution < 1.29 is 17.7 Å². The van der Waals surface area contributed by atoms with E-state index in [0.29, 0.717) is 30.2 Å². The zero-order valence-corrected chi connectivity index (χ0v) is 17.9. The Labute approximate surface area is 175 Å². The van der Waals surface area contributed by atoms with Crippen LogP contribution in [0.5, 0.6) is 0 Å². The lowest BCUT2D eigenvalue weighted by atomic mass is 9.92. The molecule has 0 aliphatic carbocycles. The van der Waals surface area contributed by atoms with Crippen molar-refractivity contribution in [1.82, 2.24) is 15.0 Å². The Morgan fingerprint density at radius 3 is 2.53 bits per heavy atom. The fraction of sp³-hybridized carbons (Fsp3) is 0.318. The summed E-state index contributed by atoms with van der Waals surface area (Å²) in [5, 5.41) is 4.08. The maximum Gasteiger partial charge on any atom is 0.233 e. The van der Waals surface area contributed by atoms with E-state index >= 15 is 0 Å². The van der Waals surface area contributed by atoms with Crippen LogP contribution in [-0.2, 0) is 14.6 Å². The summed E-state index contributed by atoms with van der Waals surface area (Å²) >= 11 is 0. The third-order valence-corrected chi connectivity index (χ3v) is 6.58. The lowest BCUT2D eigenvalue weighted by Crippen LogP contribution is -2.28. The third kappa shape index (κ3) is 3.75. The maximum atomic E-state index is 12.6. The minimum atomic E-state index is -3.27. The monoisotopic (exact) mass is 425 g/mol.